The van der Waals surface area contributed by atoms with Gasteiger partial charge in [0.25, 0.3) is 0 Å². The quantitative estimate of drug-likeness (QED) is 0.754. The number of urea groups is 1. The van der Waals surface area contributed by atoms with Gasteiger partial charge in [0.1, 0.15) is 0 Å². The predicted octanol–water partition coefficient (Wildman–Crippen LogP) is 2.57. The molecule has 0 spiro atoms. The van der Waals surface area contributed by atoms with Crippen molar-refractivity contribution in [3.63, 3.8) is 0 Å². The van der Waals surface area contributed by atoms with Crippen LogP contribution in [0, 0.1) is 5.92 Å². The highest BCUT2D eigenvalue weighted by atomic mass is 32.2. The average molecular weight is 244 g/mol. The maximum absolute atomic E-state index is 11.8. The minimum atomic E-state index is 0.135. The van der Waals surface area contributed by atoms with Gasteiger partial charge in [0.2, 0.25) is 0 Å². The zero-order valence-corrected chi connectivity index (χ0v) is 11.3. The van der Waals surface area contributed by atoms with Crippen LogP contribution in [-0.2, 0) is 0 Å². The molecule has 0 radical (unpaired) electrons. The molecule has 0 aliphatic carbocycles. The number of thioether (sulfide) groups is 1. The topological polar surface area (TPSA) is 32.3 Å². The third kappa shape index (κ3) is 5.10. The Morgan fingerprint density at radius 2 is 2.31 bits per heavy atom. The van der Waals surface area contributed by atoms with E-state index in [0.717, 1.165) is 32.5 Å². The number of carbonyl (C=O) groups excluding carboxylic acids is 1. The van der Waals surface area contributed by atoms with E-state index in [-0.39, 0.29) is 6.03 Å². The number of hydrogen-bond donors (Lipinski definition) is 1. The van der Waals surface area contributed by atoms with Gasteiger partial charge in [0.15, 0.2) is 0 Å². The summed E-state index contributed by atoms with van der Waals surface area (Å²) in [5, 5.41) is 3.01. The lowest BCUT2D eigenvalue weighted by Gasteiger charge is -2.30. The van der Waals surface area contributed by atoms with E-state index in [0.29, 0.717) is 5.92 Å². The molecule has 0 aromatic heterocycles. The molecule has 4 heteroatoms. The number of nitrogens with zero attached hydrogens (tertiary/aromatic N) is 1. The van der Waals surface area contributed by atoms with Crippen LogP contribution in [0.3, 0.4) is 0 Å². The van der Waals surface area contributed by atoms with Gasteiger partial charge in [-0.05, 0) is 43.6 Å². The molecule has 94 valence electrons. The van der Waals surface area contributed by atoms with Crippen molar-refractivity contribution in [2.75, 3.05) is 31.6 Å². The molecule has 1 heterocycles. The molecule has 1 fully saturated rings. The minimum absolute atomic E-state index is 0.135. The first-order valence-electron chi connectivity index (χ1n) is 6.25. The average Bonchev–Trinajstić information content (AvgIpc) is 2.28. The van der Waals surface area contributed by atoms with Gasteiger partial charge in [-0.25, -0.2) is 4.79 Å². The zero-order chi connectivity index (χ0) is 11.8. The van der Waals surface area contributed by atoms with Gasteiger partial charge in [-0.3, -0.25) is 0 Å². The van der Waals surface area contributed by atoms with E-state index in [1.165, 1.54) is 18.6 Å². The second kappa shape index (κ2) is 7.82. The Labute approximate surface area is 103 Å². The molecule has 1 N–H and O–H groups in total. The first-order valence-corrected chi connectivity index (χ1v) is 7.65. The van der Waals surface area contributed by atoms with Gasteiger partial charge in [0, 0.05) is 19.6 Å². The van der Waals surface area contributed by atoms with Crippen LogP contribution >= 0.6 is 11.8 Å². The Bertz CT molecular complexity index is 211. The van der Waals surface area contributed by atoms with Crippen LogP contribution in [0.15, 0.2) is 0 Å². The SMILES string of the molecule is CSCCCCNC(=O)N1CCCC(C)C1. The first-order chi connectivity index (χ1) is 7.74. The summed E-state index contributed by atoms with van der Waals surface area (Å²) in [6, 6.07) is 0.135. The summed E-state index contributed by atoms with van der Waals surface area (Å²) < 4.78 is 0. The monoisotopic (exact) mass is 244 g/mol. The standard InChI is InChI=1S/C12H24N2OS/c1-11-6-5-8-14(10-11)12(15)13-7-3-4-9-16-2/h11H,3-10H2,1-2H3,(H,13,15). The van der Waals surface area contributed by atoms with Gasteiger partial charge in [0.05, 0.1) is 0 Å². The van der Waals surface area contributed by atoms with E-state index in [1.807, 2.05) is 16.7 Å². The zero-order valence-electron chi connectivity index (χ0n) is 10.5. The third-order valence-electron chi connectivity index (χ3n) is 3.00. The van der Waals surface area contributed by atoms with Gasteiger partial charge >= 0.3 is 6.03 Å². The Balaban J connectivity index is 2.09. The lowest BCUT2D eigenvalue weighted by atomic mass is 10.0. The second-order valence-corrected chi connectivity index (χ2v) is 5.61. The largest absolute Gasteiger partial charge is 0.338 e. The van der Waals surface area contributed by atoms with Crippen molar-refractivity contribution < 1.29 is 4.79 Å². The minimum Gasteiger partial charge on any atom is -0.338 e. The van der Waals surface area contributed by atoms with Crippen molar-refractivity contribution in [3.8, 4) is 0 Å². The molecule has 3 nitrogen and oxygen atoms in total. The highest BCUT2D eigenvalue weighted by molar-refractivity contribution is 7.98. The molecule has 1 saturated heterocycles. The van der Waals surface area contributed by atoms with Crippen LogP contribution in [0.4, 0.5) is 4.79 Å². The molecule has 1 rings (SSSR count). The fourth-order valence-electron chi connectivity index (χ4n) is 2.05. The Kier molecular flexibility index (Phi) is 6.69. The summed E-state index contributed by atoms with van der Waals surface area (Å²) >= 11 is 1.87. The van der Waals surface area contributed by atoms with Gasteiger partial charge in [-0.1, -0.05) is 6.92 Å². The fraction of sp³-hybridized carbons (Fsp3) is 0.917. The number of nitrogens with one attached hydrogen (secondary N) is 1. The van der Waals surface area contributed by atoms with E-state index in [9.17, 15) is 4.79 Å². The molecule has 0 saturated carbocycles. The smallest absolute Gasteiger partial charge is 0.317 e. The van der Waals surface area contributed by atoms with E-state index in [1.54, 1.807) is 0 Å². The first kappa shape index (κ1) is 13.7. The summed E-state index contributed by atoms with van der Waals surface area (Å²) in [4.78, 5) is 13.7. The summed E-state index contributed by atoms with van der Waals surface area (Å²) in [5.74, 6) is 1.85. The lowest BCUT2D eigenvalue weighted by Crippen LogP contribution is -2.45. The van der Waals surface area contributed by atoms with Gasteiger partial charge < -0.3 is 10.2 Å². The summed E-state index contributed by atoms with van der Waals surface area (Å²) in [5.41, 5.74) is 0. The van der Waals surface area contributed by atoms with Crippen molar-refractivity contribution >= 4 is 17.8 Å². The molecule has 1 aliphatic rings. The third-order valence-corrected chi connectivity index (χ3v) is 3.69. The van der Waals surface area contributed by atoms with E-state index in [2.05, 4.69) is 18.5 Å². The molecule has 1 unspecified atom stereocenters. The van der Waals surface area contributed by atoms with E-state index < -0.39 is 0 Å². The normalized spacial score (nSPS) is 20.9. The second-order valence-electron chi connectivity index (χ2n) is 4.63. The van der Waals surface area contributed by atoms with Crippen molar-refractivity contribution in [2.24, 2.45) is 5.92 Å². The predicted molar refractivity (Wildman–Crippen MR) is 71.0 cm³/mol. The maximum atomic E-state index is 11.8. The number of carbonyl (C=O) groups is 1. The van der Waals surface area contributed by atoms with Crippen LogP contribution in [0.1, 0.15) is 32.6 Å². The van der Waals surface area contributed by atoms with Crippen molar-refractivity contribution in [1.82, 2.24) is 10.2 Å². The fourth-order valence-corrected chi connectivity index (χ4v) is 2.55. The summed E-state index contributed by atoms with van der Waals surface area (Å²) in [7, 11) is 0. The van der Waals surface area contributed by atoms with Gasteiger partial charge in [-0.15, -0.1) is 0 Å². The molecule has 16 heavy (non-hydrogen) atoms. The van der Waals surface area contributed by atoms with E-state index in [4.69, 9.17) is 0 Å². The Morgan fingerprint density at radius 3 is 3.00 bits per heavy atom. The van der Waals surface area contributed by atoms with Crippen LogP contribution < -0.4 is 5.32 Å². The summed E-state index contributed by atoms with van der Waals surface area (Å²) in [6.45, 7) is 4.90. The van der Waals surface area contributed by atoms with Crippen molar-refractivity contribution in [1.29, 1.82) is 0 Å². The molecule has 1 atom stereocenters. The van der Waals surface area contributed by atoms with Crippen LogP contribution in [-0.4, -0.2) is 42.6 Å². The number of likely N-dealkylation sites (tertiary alicyclic amines) is 1. The Morgan fingerprint density at radius 1 is 1.50 bits per heavy atom. The molecule has 1 aliphatic heterocycles. The number of amides is 2. The van der Waals surface area contributed by atoms with Crippen LogP contribution in [0.5, 0.6) is 0 Å². The number of hydrogen-bond acceptors (Lipinski definition) is 2. The number of unbranched alkanes of at least 4 members (excludes halogenated alkanes) is 1. The maximum Gasteiger partial charge on any atom is 0.317 e. The molecular weight excluding hydrogens is 220 g/mol. The highest BCUT2D eigenvalue weighted by Gasteiger charge is 2.20. The molecular formula is C12H24N2OS. The summed E-state index contributed by atoms with van der Waals surface area (Å²) in [6.07, 6.45) is 6.82. The van der Waals surface area contributed by atoms with E-state index >= 15 is 0 Å². The molecule has 0 aromatic carbocycles. The van der Waals surface area contributed by atoms with Gasteiger partial charge in [-0.2, -0.15) is 11.8 Å². The molecule has 0 aromatic rings. The van der Waals surface area contributed by atoms with Crippen molar-refractivity contribution in [2.45, 2.75) is 32.6 Å². The molecule has 0 bridgehead atoms. The highest BCUT2D eigenvalue weighted by Crippen LogP contribution is 2.15. The molecule has 2 amide bonds. The van der Waals surface area contributed by atoms with Crippen LogP contribution in [0.2, 0.25) is 0 Å². The number of rotatable bonds is 5. The number of piperidine rings is 1. The lowest BCUT2D eigenvalue weighted by molar-refractivity contribution is 0.170. The van der Waals surface area contributed by atoms with Crippen molar-refractivity contribution in [3.05, 3.63) is 0 Å². The van der Waals surface area contributed by atoms with Crippen LogP contribution in [0.25, 0.3) is 0 Å². The Hall–Kier alpha value is -0.380.